The number of amides is 3. The molecule has 0 radical (unpaired) electrons. The SMILES string of the molecule is Cc1cc(OCC(=O)NCCCCN)cc(C)c1N.Nc1cccc2c1CN(C1CCC(=O)NC1=O)C2. The van der Waals surface area contributed by atoms with Crippen molar-refractivity contribution in [1.29, 1.82) is 0 Å². The molecule has 1 unspecified atom stereocenters. The number of carbonyl (C=O) groups is 3. The molecular weight excluding hydrogens is 472 g/mol. The highest BCUT2D eigenvalue weighted by Crippen LogP contribution is 2.30. The molecule has 4 rings (SSSR count). The second-order valence-corrected chi connectivity index (χ2v) is 9.46. The Bertz CT molecular complexity index is 1110. The molecule has 0 aromatic heterocycles. The molecule has 10 nitrogen and oxygen atoms in total. The van der Waals surface area contributed by atoms with Crippen LogP contribution in [0.2, 0.25) is 0 Å². The van der Waals surface area contributed by atoms with Crippen molar-refractivity contribution in [3.63, 3.8) is 0 Å². The summed E-state index contributed by atoms with van der Waals surface area (Å²) in [6.45, 7) is 6.56. The number of imide groups is 1. The number of carbonyl (C=O) groups excluding carboxylic acids is 3. The number of rotatable bonds is 8. The van der Waals surface area contributed by atoms with Gasteiger partial charge in [-0.1, -0.05) is 12.1 Å². The maximum absolute atomic E-state index is 11.8. The molecule has 0 spiro atoms. The number of aryl methyl sites for hydroxylation is 2. The molecule has 8 N–H and O–H groups in total. The highest BCUT2D eigenvalue weighted by Gasteiger charge is 2.35. The molecule has 2 heterocycles. The lowest BCUT2D eigenvalue weighted by atomic mass is 10.0. The molecule has 1 fully saturated rings. The quantitative estimate of drug-likeness (QED) is 0.202. The highest BCUT2D eigenvalue weighted by atomic mass is 16.5. The van der Waals surface area contributed by atoms with E-state index in [9.17, 15) is 14.4 Å². The number of nitrogens with one attached hydrogen (secondary N) is 2. The molecule has 2 aromatic carbocycles. The van der Waals surface area contributed by atoms with Crippen molar-refractivity contribution in [2.24, 2.45) is 5.73 Å². The number of nitrogens with two attached hydrogens (primary N) is 3. The van der Waals surface area contributed by atoms with Gasteiger partial charge in [-0.15, -0.1) is 0 Å². The summed E-state index contributed by atoms with van der Waals surface area (Å²) < 4.78 is 5.45. The smallest absolute Gasteiger partial charge is 0.257 e. The number of unbranched alkanes of at least 4 members (excludes halogenated alkanes) is 1. The van der Waals surface area contributed by atoms with E-state index in [2.05, 4.69) is 15.5 Å². The third-order valence-electron chi connectivity index (χ3n) is 6.59. The minimum Gasteiger partial charge on any atom is -0.484 e. The van der Waals surface area contributed by atoms with Crippen molar-refractivity contribution in [2.75, 3.05) is 31.2 Å². The van der Waals surface area contributed by atoms with E-state index < -0.39 is 0 Å². The number of nitrogens with zero attached hydrogens (tertiary/aromatic N) is 1. The molecule has 2 aliphatic rings. The van der Waals surface area contributed by atoms with Crippen LogP contribution in [0.25, 0.3) is 0 Å². The van der Waals surface area contributed by atoms with Gasteiger partial charge in [0.1, 0.15) is 5.75 Å². The van der Waals surface area contributed by atoms with E-state index in [1.165, 1.54) is 5.56 Å². The van der Waals surface area contributed by atoms with Crippen molar-refractivity contribution in [3.8, 4) is 5.75 Å². The number of benzene rings is 2. The number of nitrogen functional groups attached to an aromatic ring is 2. The van der Waals surface area contributed by atoms with Gasteiger partial charge in [0.2, 0.25) is 11.8 Å². The zero-order valence-corrected chi connectivity index (χ0v) is 21.6. The van der Waals surface area contributed by atoms with E-state index in [-0.39, 0.29) is 30.4 Å². The largest absolute Gasteiger partial charge is 0.484 e. The van der Waals surface area contributed by atoms with E-state index in [1.54, 1.807) is 0 Å². The maximum atomic E-state index is 11.8. The molecule has 1 saturated heterocycles. The van der Waals surface area contributed by atoms with Gasteiger partial charge >= 0.3 is 0 Å². The fraction of sp³-hybridized carbons (Fsp3) is 0.444. The van der Waals surface area contributed by atoms with E-state index in [4.69, 9.17) is 21.9 Å². The molecule has 1 atom stereocenters. The molecule has 2 aliphatic heterocycles. The van der Waals surface area contributed by atoms with Crippen LogP contribution in [-0.4, -0.2) is 48.4 Å². The summed E-state index contributed by atoms with van der Waals surface area (Å²) in [7, 11) is 0. The zero-order chi connectivity index (χ0) is 26.9. The van der Waals surface area contributed by atoms with Crippen LogP contribution in [0, 0.1) is 13.8 Å². The Morgan fingerprint density at radius 2 is 1.86 bits per heavy atom. The van der Waals surface area contributed by atoms with Crippen molar-refractivity contribution in [1.82, 2.24) is 15.5 Å². The first-order chi connectivity index (χ1) is 17.7. The number of piperidine rings is 1. The Balaban J connectivity index is 0.000000206. The van der Waals surface area contributed by atoms with E-state index in [0.717, 1.165) is 47.5 Å². The summed E-state index contributed by atoms with van der Waals surface area (Å²) in [6, 6.07) is 9.31. The average molecular weight is 511 g/mol. The van der Waals surface area contributed by atoms with Gasteiger partial charge in [0.25, 0.3) is 5.91 Å². The molecule has 0 bridgehead atoms. The Kier molecular flexibility index (Phi) is 9.87. The standard InChI is InChI=1S/C14H23N3O2.C13H15N3O2/c1-10-7-12(8-11(2)14(10)16)19-9-13(18)17-6-4-3-5-15;14-10-3-1-2-8-6-16(7-9(8)10)11-4-5-12(17)15-13(11)18/h7-8H,3-6,9,15-16H2,1-2H3,(H,17,18);1-3,11H,4-7,14H2,(H,15,17,18). The Hall–Kier alpha value is -3.63. The predicted octanol–water partition coefficient (Wildman–Crippen LogP) is 1.51. The van der Waals surface area contributed by atoms with Gasteiger partial charge in [-0.3, -0.25) is 24.6 Å². The molecule has 200 valence electrons. The van der Waals surface area contributed by atoms with Gasteiger partial charge in [0, 0.05) is 37.4 Å². The van der Waals surface area contributed by atoms with Crippen LogP contribution in [0.4, 0.5) is 11.4 Å². The summed E-state index contributed by atoms with van der Waals surface area (Å²) in [6.07, 6.45) is 2.82. The number of hydrogen-bond donors (Lipinski definition) is 5. The lowest BCUT2D eigenvalue weighted by Gasteiger charge is -2.29. The third-order valence-corrected chi connectivity index (χ3v) is 6.59. The van der Waals surface area contributed by atoms with E-state index >= 15 is 0 Å². The summed E-state index contributed by atoms with van der Waals surface area (Å²) in [5.74, 6) is 0.190. The topological polar surface area (TPSA) is 166 Å². The average Bonchev–Trinajstić information content (AvgIpc) is 3.29. The molecule has 3 amide bonds. The first-order valence-corrected chi connectivity index (χ1v) is 12.6. The number of anilines is 2. The summed E-state index contributed by atoms with van der Waals surface area (Å²) >= 11 is 0. The van der Waals surface area contributed by atoms with Crippen LogP contribution >= 0.6 is 0 Å². The number of fused-ring (bicyclic) bond motifs is 1. The van der Waals surface area contributed by atoms with Crippen LogP contribution < -0.4 is 32.6 Å². The monoisotopic (exact) mass is 510 g/mol. The molecule has 0 aliphatic carbocycles. The number of hydrogen-bond acceptors (Lipinski definition) is 8. The lowest BCUT2D eigenvalue weighted by Crippen LogP contribution is -2.50. The van der Waals surface area contributed by atoms with Gasteiger partial charge in [-0.05, 0) is 80.1 Å². The van der Waals surface area contributed by atoms with Crippen LogP contribution in [0.15, 0.2) is 30.3 Å². The van der Waals surface area contributed by atoms with E-state index in [0.29, 0.717) is 38.2 Å². The van der Waals surface area contributed by atoms with Crippen LogP contribution in [0.5, 0.6) is 5.75 Å². The fourth-order valence-electron chi connectivity index (χ4n) is 4.44. The lowest BCUT2D eigenvalue weighted by molar-refractivity contribution is -0.137. The van der Waals surface area contributed by atoms with Gasteiger partial charge in [0.05, 0.1) is 6.04 Å². The third kappa shape index (κ3) is 7.68. The van der Waals surface area contributed by atoms with Crippen LogP contribution in [0.3, 0.4) is 0 Å². The summed E-state index contributed by atoms with van der Waals surface area (Å²) in [5.41, 5.74) is 22.9. The maximum Gasteiger partial charge on any atom is 0.257 e. The first-order valence-electron chi connectivity index (χ1n) is 12.6. The summed E-state index contributed by atoms with van der Waals surface area (Å²) in [4.78, 5) is 36.6. The normalized spacial score (nSPS) is 16.9. The predicted molar refractivity (Wildman–Crippen MR) is 143 cm³/mol. The van der Waals surface area contributed by atoms with Crippen LogP contribution in [-0.2, 0) is 27.5 Å². The Morgan fingerprint density at radius 3 is 2.51 bits per heavy atom. The molecule has 2 aromatic rings. The van der Waals surface area contributed by atoms with Crippen molar-refractivity contribution < 1.29 is 19.1 Å². The van der Waals surface area contributed by atoms with Gasteiger partial charge < -0.3 is 27.3 Å². The van der Waals surface area contributed by atoms with Gasteiger partial charge in [0.15, 0.2) is 6.61 Å². The second-order valence-electron chi connectivity index (χ2n) is 9.46. The summed E-state index contributed by atoms with van der Waals surface area (Å²) in [5, 5.41) is 5.18. The molecular formula is C27H38N6O4. The first kappa shape index (κ1) is 27.9. The number of ether oxygens (including phenoxy) is 1. The minimum atomic E-state index is -0.213. The van der Waals surface area contributed by atoms with E-state index in [1.807, 2.05) is 44.2 Å². The Labute approximate surface area is 217 Å². The minimum absolute atomic E-state index is 0.0193. The highest BCUT2D eigenvalue weighted by molar-refractivity contribution is 6.00. The Morgan fingerprint density at radius 1 is 1.14 bits per heavy atom. The molecule has 0 saturated carbocycles. The zero-order valence-electron chi connectivity index (χ0n) is 21.6. The van der Waals surface area contributed by atoms with Crippen molar-refractivity contribution in [2.45, 2.75) is 58.7 Å². The van der Waals surface area contributed by atoms with Crippen molar-refractivity contribution in [3.05, 3.63) is 52.6 Å². The molecule has 37 heavy (non-hydrogen) atoms. The second kappa shape index (κ2) is 13.1. The molecule has 10 heteroatoms. The van der Waals surface area contributed by atoms with Gasteiger partial charge in [-0.25, -0.2) is 0 Å². The van der Waals surface area contributed by atoms with Crippen molar-refractivity contribution >= 4 is 29.1 Å². The van der Waals surface area contributed by atoms with Crippen LogP contribution in [0.1, 0.15) is 47.9 Å². The fourth-order valence-corrected chi connectivity index (χ4v) is 4.44. The van der Waals surface area contributed by atoms with Gasteiger partial charge in [-0.2, -0.15) is 0 Å².